The van der Waals surface area contributed by atoms with Crippen molar-refractivity contribution < 1.29 is 44.7 Å². The Morgan fingerprint density at radius 1 is 1.09 bits per heavy atom. The summed E-state index contributed by atoms with van der Waals surface area (Å²) in [6.07, 6.45) is -2.18. The molecule has 35 heavy (non-hydrogen) atoms. The van der Waals surface area contributed by atoms with Gasteiger partial charge < -0.3 is 34.8 Å². The van der Waals surface area contributed by atoms with Crippen LogP contribution in [0.5, 0.6) is 5.75 Å². The fourth-order valence-corrected chi connectivity index (χ4v) is 4.04. The van der Waals surface area contributed by atoms with Crippen molar-refractivity contribution in [1.82, 2.24) is 9.47 Å². The summed E-state index contributed by atoms with van der Waals surface area (Å²) in [4.78, 5) is 34.5. The summed E-state index contributed by atoms with van der Waals surface area (Å²) in [5, 5.41) is 43.9. The first-order valence-electron chi connectivity index (χ1n) is 11.4. The molecular weight excluding hydrogens is 460 g/mol. The lowest BCUT2D eigenvalue weighted by atomic mass is 9.97. The van der Waals surface area contributed by atoms with E-state index in [4.69, 9.17) is 25.2 Å². The average Bonchev–Trinajstić information content (AvgIpc) is 3.06. The summed E-state index contributed by atoms with van der Waals surface area (Å²) in [5.41, 5.74) is 3.24. The van der Waals surface area contributed by atoms with Crippen molar-refractivity contribution >= 4 is 28.8 Å². The van der Waals surface area contributed by atoms with E-state index in [-0.39, 0.29) is 11.7 Å². The zero-order valence-electron chi connectivity index (χ0n) is 20.4. The van der Waals surface area contributed by atoms with Crippen LogP contribution in [0.4, 0.5) is 0 Å². The van der Waals surface area contributed by atoms with E-state index in [1.807, 2.05) is 31.5 Å². The van der Waals surface area contributed by atoms with Crippen molar-refractivity contribution in [3.8, 4) is 5.75 Å². The van der Waals surface area contributed by atoms with Gasteiger partial charge in [-0.05, 0) is 57.8 Å². The van der Waals surface area contributed by atoms with Crippen molar-refractivity contribution in [1.29, 1.82) is 0 Å². The van der Waals surface area contributed by atoms with Crippen LogP contribution in [0.15, 0.2) is 12.1 Å². The molecule has 1 fully saturated rings. The summed E-state index contributed by atoms with van der Waals surface area (Å²) in [6, 6.07) is 3.61. The number of carboxylic acids is 2. The largest absolute Gasteiger partial charge is 0.508 e. The van der Waals surface area contributed by atoms with Crippen LogP contribution in [-0.2, 0) is 27.9 Å². The average molecular weight is 495 g/mol. The number of ether oxygens (including phenoxy) is 1. The Morgan fingerprint density at radius 2 is 1.63 bits per heavy atom. The highest BCUT2D eigenvalue weighted by atomic mass is 16.5. The molecule has 1 aliphatic heterocycles. The Bertz CT molecular complexity index is 1050. The van der Waals surface area contributed by atoms with Crippen molar-refractivity contribution in [2.45, 2.75) is 52.4 Å². The summed E-state index contributed by atoms with van der Waals surface area (Å²) in [6.45, 7) is 9.07. The number of carboxylic acid groups (broad SMARTS) is 2. The lowest BCUT2D eigenvalue weighted by Crippen LogP contribution is -2.39. The second kappa shape index (κ2) is 12.0. The number of carbonyl (C=O) groups excluding carboxylic acids is 1. The number of aromatic nitrogens is 1. The molecule has 0 bridgehead atoms. The van der Waals surface area contributed by atoms with Crippen LogP contribution >= 0.6 is 0 Å². The van der Waals surface area contributed by atoms with Gasteiger partial charge in [-0.25, -0.2) is 14.4 Å². The van der Waals surface area contributed by atoms with E-state index in [1.54, 1.807) is 6.07 Å². The minimum absolute atomic E-state index is 0.252. The Balaban J connectivity index is 0.000000367. The van der Waals surface area contributed by atoms with Crippen molar-refractivity contribution in [3.63, 3.8) is 0 Å². The predicted molar refractivity (Wildman–Crippen MR) is 126 cm³/mol. The van der Waals surface area contributed by atoms with E-state index in [2.05, 4.69) is 11.8 Å². The number of fused-ring (bicyclic) bond motifs is 1. The van der Waals surface area contributed by atoms with Crippen LogP contribution in [0.3, 0.4) is 0 Å². The fourth-order valence-electron chi connectivity index (χ4n) is 4.04. The third-order valence-electron chi connectivity index (χ3n) is 6.29. The maximum absolute atomic E-state index is 12.6. The minimum atomic E-state index is -2.27. The molecule has 2 atom stereocenters. The molecule has 2 unspecified atom stereocenters. The van der Waals surface area contributed by atoms with E-state index in [0.29, 0.717) is 18.7 Å². The third kappa shape index (κ3) is 6.50. The van der Waals surface area contributed by atoms with E-state index >= 15 is 0 Å². The van der Waals surface area contributed by atoms with Crippen LogP contribution in [-0.4, -0.2) is 84.8 Å². The number of benzene rings is 1. The van der Waals surface area contributed by atoms with E-state index in [0.717, 1.165) is 41.2 Å². The summed E-state index contributed by atoms with van der Waals surface area (Å²) in [7, 11) is 1.95. The number of esters is 1. The highest BCUT2D eigenvalue weighted by Gasteiger charge is 2.29. The number of nitrogens with zero attached hydrogens (tertiary/aromatic N) is 2. The zero-order valence-corrected chi connectivity index (χ0v) is 20.4. The molecule has 1 aliphatic rings. The summed E-state index contributed by atoms with van der Waals surface area (Å²) in [5.74, 6) is -2.84. The standard InChI is InChI=1S/C20H28N2O3.C4H6O6/c1-5-25-20(24)18-14(3)21(4)16-6-7-17(23)15(19(16)18)12-22-10-8-13(2)9-11-22;5-1(3(7)8)2(6)4(9)10/h6-7,13,23H,5,8-12H2,1-4H3;1-2,5-6H,(H,7,8)(H,9,10). The number of rotatable bonds is 7. The number of aliphatic hydroxyl groups is 2. The molecule has 2 aromatic rings. The number of phenolic OH excluding ortho intramolecular Hbond substituents is 1. The lowest BCUT2D eigenvalue weighted by molar-refractivity contribution is -0.165. The van der Waals surface area contributed by atoms with Gasteiger partial charge in [0.15, 0.2) is 12.2 Å². The van der Waals surface area contributed by atoms with Gasteiger partial charge in [-0.2, -0.15) is 0 Å². The quantitative estimate of drug-likeness (QED) is 0.355. The molecule has 1 aromatic heterocycles. The number of aliphatic hydroxyl groups excluding tert-OH is 2. The monoisotopic (exact) mass is 494 g/mol. The second-order valence-corrected chi connectivity index (χ2v) is 8.72. The van der Waals surface area contributed by atoms with E-state index in [1.165, 1.54) is 12.8 Å². The topological polar surface area (TPSA) is 170 Å². The summed E-state index contributed by atoms with van der Waals surface area (Å²) < 4.78 is 7.28. The fraction of sp³-hybridized carbons (Fsp3) is 0.542. The Kier molecular flexibility index (Phi) is 9.64. The van der Waals surface area contributed by atoms with Gasteiger partial charge in [0.25, 0.3) is 0 Å². The van der Waals surface area contributed by atoms with E-state index in [9.17, 15) is 19.5 Å². The SMILES string of the molecule is CCOC(=O)c1c(C)n(C)c2ccc(O)c(CN3CCC(C)CC3)c12.O=C(O)C(O)C(O)C(=O)O. The molecule has 0 amide bonds. The molecule has 5 N–H and O–H groups in total. The van der Waals surface area contributed by atoms with Gasteiger partial charge in [0, 0.05) is 35.8 Å². The smallest absolute Gasteiger partial charge is 0.340 e. The number of aliphatic carboxylic acids is 2. The van der Waals surface area contributed by atoms with Gasteiger partial charge in [0.1, 0.15) is 5.75 Å². The van der Waals surface area contributed by atoms with Crippen LogP contribution in [0.25, 0.3) is 10.9 Å². The number of aryl methyl sites for hydroxylation is 1. The second-order valence-electron chi connectivity index (χ2n) is 8.72. The van der Waals surface area contributed by atoms with Gasteiger partial charge in [0.2, 0.25) is 0 Å². The number of likely N-dealkylation sites (tertiary alicyclic amines) is 1. The molecule has 11 heteroatoms. The maximum atomic E-state index is 12.6. The Labute approximate surface area is 203 Å². The van der Waals surface area contributed by atoms with Gasteiger partial charge >= 0.3 is 17.9 Å². The first-order chi connectivity index (χ1) is 16.4. The molecular formula is C24H34N2O9. The third-order valence-corrected chi connectivity index (χ3v) is 6.29. The number of piperidine rings is 1. The maximum Gasteiger partial charge on any atom is 0.340 e. The molecule has 1 aromatic carbocycles. The first kappa shape index (κ1) is 28.1. The molecule has 194 valence electrons. The van der Waals surface area contributed by atoms with Crippen LogP contribution in [0.1, 0.15) is 48.3 Å². The Hall–Kier alpha value is -3.15. The summed E-state index contributed by atoms with van der Waals surface area (Å²) >= 11 is 0. The molecule has 0 aliphatic carbocycles. The number of aromatic hydroxyl groups is 1. The molecule has 0 radical (unpaired) electrons. The van der Waals surface area contributed by atoms with Gasteiger partial charge in [-0.3, -0.25) is 4.90 Å². The van der Waals surface area contributed by atoms with Crippen molar-refractivity contribution in [3.05, 3.63) is 29.0 Å². The van der Waals surface area contributed by atoms with Gasteiger partial charge in [-0.15, -0.1) is 0 Å². The Morgan fingerprint density at radius 3 is 2.11 bits per heavy atom. The number of hydrogen-bond donors (Lipinski definition) is 5. The number of phenols is 1. The molecule has 3 rings (SSSR count). The highest BCUT2D eigenvalue weighted by molar-refractivity contribution is 6.07. The molecule has 0 spiro atoms. The van der Waals surface area contributed by atoms with Gasteiger partial charge in [-0.1, -0.05) is 6.92 Å². The lowest BCUT2D eigenvalue weighted by Gasteiger charge is -2.30. The van der Waals surface area contributed by atoms with Crippen molar-refractivity contribution in [2.75, 3.05) is 19.7 Å². The molecule has 0 saturated carbocycles. The van der Waals surface area contributed by atoms with Crippen LogP contribution < -0.4 is 0 Å². The normalized spacial score (nSPS) is 16.3. The zero-order chi connectivity index (χ0) is 26.4. The predicted octanol–water partition coefficient (Wildman–Crippen LogP) is 1.48. The molecule has 11 nitrogen and oxygen atoms in total. The van der Waals surface area contributed by atoms with E-state index < -0.39 is 24.1 Å². The number of hydrogen-bond acceptors (Lipinski definition) is 8. The van der Waals surface area contributed by atoms with Crippen LogP contribution in [0, 0.1) is 12.8 Å². The van der Waals surface area contributed by atoms with Crippen LogP contribution in [0.2, 0.25) is 0 Å². The number of carbonyl (C=O) groups is 3. The molecule has 2 heterocycles. The minimum Gasteiger partial charge on any atom is -0.508 e. The highest BCUT2D eigenvalue weighted by Crippen LogP contribution is 2.35. The van der Waals surface area contributed by atoms with Gasteiger partial charge in [0.05, 0.1) is 12.2 Å². The first-order valence-corrected chi connectivity index (χ1v) is 11.4. The van der Waals surface area contributed by atoms with Crippen molar-refractivity contribution in [2.24, 2.45) is 13.0 Å². The molecule has 1 saturated heterocycles.